The summed E-state index contributed by atoms with van der Waals surface area (Å²) in [5.74, 6) is 0.863. The molecule has 0 amide bonds. The van der Waals surface area contributed by atoms with Gasteiger partial charge in [-0.3, -0.25) is 0 Å². The highest BCUT2D eigenvalue weighted by Crippen LogP contribution is 2.36. The van der Waals surface area contributed by atoms with Gasteiger partial charge in [-0.25, -0.2) is 9.97 Å². The fraction of sp³-hybridized carbons (Fsp3) is 0.294. The predicted octanol–water partition coefficient (Wildman–Crippen LogP) is 4.84. The van der Waals surface area contributed by atoms with Gasteiger partial charge in [0.1, 0.15) is 10.6 Å². The van der Waals surface area contributed by atoms with Crippen LogP contribution in [0, 0.1) is 0 Å². The number of aromatic nitrogens is 2. The Labute approximate surface area is 144 Å². The molecular formula is C17H19N3OS2. The molecule has 0 radical (unpaired) electrons. The summed E-state index contributed by atoms with van der Waals surface area (Å²) in [6, 6.07) is 8.03. The number of rotatable bonds is 6. The van der Waals surface area contributed by atoms with E-state index in [0.717, 1.165) is 57.5 Å². The number of thioether (sulfide) groups is 1. The van der Waals surface area contributed by atoms with Crippen LogP contribution in [0.1, 0.15) is 19.8 Å². The maximum atomic E-state index is 6.13. The third kappa shape index (κ3) is 3.43. The third-order valence-corrected chi connectivity index (χ3v) is 4.94. The molecule has 23 heavy (non-hydrogen) atoms. The summed E-state index contributed by atoms with van der Waals surface area (Å²) in [6.45, 7) is 2.89. The number of nitrogen functional groups attached to an aromatic ring is 1. The van der Waals surface area contributed by atoms with E-state index >= 15 is 0 Å². The van der Waals surface area contributed by atoms with E-state index < -0.39 is 0 Å². The largest absolute Gasteiger partial charge is 0.494 e. The topological polar surface area (TPSA) is 61.0 Å². The van der Waals surface area contributed by atoms with E-state index in [-0.39, 0.29) is 0 Å². The van der Waals surface area contributed by atoms with Crippen LogP contribution in [0.3, 0.4) is 0 Å². The first-order valence-electron chi connectivity index (χ1n) is 7.55. The van der Waals surface area contributed by atoms with Crippen LogP contribution in [0.15, 0.2) is 34.8 Å². The first-order valence-corrected chi connectivity index (χ1v) is 9.65. The van der Waals surface area contributed by atoms with Gasteiger partial charge in [-0.1, -0.05) is 37.2 Å². The minimum absolute atomic E-state index is 0.727. The van der Waals surface area contributed by atoms with Crippen LogP contribution in [0.2, 0.25) is 0 Å². The predicted molar refractivity (Wildman–Crippen MR) is 99.4 cm³/mol. The number of fused-ring (bicyclic) bond motifs is 1. The number of ether oxygens (including phenoxy) is 1. The molecule has 0 aliphatic rings. The van der Waals surface area contributed by atoms with Crippen molar-refractivity contribution in [2.45, 2.75) is 24.9 Å². The molecule has 120 valence electrons. The van der Waals surface area contributed by atoms with Crippen LogP contribution in [-0.2, 0) is 0 Å². The van der Waals surface area contributed by atoms with Crippen molar-refractivity contribution < 1.29 is 4.74 Å². The van der Waals surface area contributed by atoms with Crippen molar-refractivity contribution in [3.05, 3.63) is 29.6 Å². The number of anilines is 1. The summed E-state index contributed by atoms with van der Waals surface area (Å²) in [7, 11) is 0. The van der Waals surface area contributed by atoms with Gasteiger partial charge in [0.05, 0.1) is 23.4 Å². The molecule has 0 unspecified atom stereocenters. The van der Waals surface area contributed by atoms with Crippen LogP contribution >= 0.6 is 23.1 Å². The van der Waals surface area contributed by atoms with Crippen molar-refractivity contribution in [2.75, 3.05) is 18.6 Å². The molecule has 6 heteroatoms. The van der Waals surface area contributed by atoms with Crippen LogP contribution in [0.25, 0.3) is 21.5 Å². The molecule has 4 nitrogen and oxygen atoms in total. The molecule has 2 heterocycles. The van der Waals surface area contributed by atoms with Gasteiger partial charge in [-0.2, -0.15) is 0 Å². The second-order valence-electron chi connectivity index (χ2n) is 5.16. The molecule has 3 aromatic rings. The number of nitrogens with two attached hydrogens (primary N) is 1. The summed E-state index contributed by atoms with van der Waals surface area (Å²) in [4.78, 5) is 10.2. The van der Waals surface area contributed by atoms with E-state index in [0.29, 0.717) is 0 Å². The van der Waals surface area contributed by atoms with Gasteiger partial charge in [0.15, 0.2) is 5.16 Å². The summed E-state index contributed by atoms with van der Waals surface area (Å²) in [6.07, 6.45) is 4.15. The lowest BCUT2D eigenvalue weighted by Crippen LogP contribution is -1.97. The zero-order chi connectivity index (χ0) is 16.2. The van der Waals surface area contributed by atoms with Gasteiger partial charge < -0.3 is 10.5 Å². The molecule has 0 aliphatic heterocycles. The Bertz CT molecular complexity index is 817. The lowest BCUT2D eigenvalue weighted by Gasteiger charge is -2.09. The lowest BCUT2D eigenvalue weighted by atomic mass is 10.1. The SMILES string of the molecule is CCCCOc1cccc(-c2nc(SC)nc3scc(N)c23)c1. The second kappa shape index (κ2) is 7.19. The molecule has 0 aliphatic carbocycles. The van der Waals surface area contributed by atoms with Crippen molar-refractivity contribution in [1.82, 2.24) is 9.97 Å². The van der Waals surface area contributed by atoms with Crippen LogP contribution in [0.5, 0.6) is 5.75 Å². The smallest absolute Gasteiger partial charge is 0.189 e. The Balaban J connectivity index is 2.05. The maximum absolute atomic E-state index is 6.13. The number of thiophene rings is 1. The molecule has 2 N–H and O–H groups in total. The highest BCUT2D eigenvalue weighted by Gasteiger charge is 2.14. The van der Waals surface area contributed by atoms with E-state index in [4.69, 9.17) is 10.5 Å². The van der Waals surface area contributed by atoms with Crippen LogP contribution in [0.4, 0.5) is 5.69 Å². The lowest BCUT2D eigenvalue weighted by molar-refractivity contribution is 0.309. The number of nitrogens with zero attached hydrogens (tertiary/aromatic N) is 2. The van der Waals surface area contributed by atoms with E-state index in [1.54, 1.807) is 11.3 Å². The summed E-state index contributed by atoms with van der Waals surface area (Å²) < 4.78 is 5.81. The quantitative estimate of drug-likeness (QED) is 0.393. The molecule has 3 rings (SSSR count). The standard InChI is InChI=1S/C17H19N3OS2/c1-3-4-8-21-12-7-5-6-11(9-12)15-14-13(18)10-23-16(14)20-17(19-15)22-2/h5-7,9-10H,3-4,8,18H2,1-2H3. The molecule has 1 aromatic carbocycles. The Morgan fingerprint density at radius 2 is 2.17 bits per heavy atom. The number of hydrogen-bond donors (Lipinski definition) is 1. The zero-order valence-electron chi connectivity index (χ0n) is 13.2. The van der Waals surface area contributed by atoms with Crippen molar-refractivity contribution >= 4 is 39.0 Å². The zero-order valence-corrected chi connectivity index (χ0v) is 14.8. The summed E-state index contributed by atoms with van der Waals surface area (Å²) >= 11 is 3.09. The molecule has 0 saturated carbocycles. The Morgan fingerprint density at radius 1 is 1.30 bits per heavy atom. The van der Waals surface area contributed by atoms with Gasteiger partial charge in [0.25, 0.3) is 0 Å². The van der Waals surface area contributed by atoms with Gasteiger partial charge in [-0.15, -0.1) is 11.3 Å². The number of hydrogen-bond acceptors (Lipinski definition) is 6. The molecule has 0 spiro atoms. The fourth-order valence-electron chi connectivity index (χ4n) is 2.31. The summed E-state index contributed by atoms with van der Waals surface area (Å²) in [5.41, 5.74) is 8.74. The molecular weight excluding hydrogens is 326 g/mol. The minimum atomic E-state index is 0.727. The van der Waals surface area contributed by atoms with E-state index in [1.165, 1.54) is 11.8 Å². The average molecular weight is 345 g/mol. The van der Waals surface area contributed by atoms with Crippen LogP contribution < -0.4 is 10.5 Å². The normalized spacial score (nSPS) is 11.0. The van der Waals surface area contributed by atoms with Gasteiger partial charge in [0, 0.05) is 10.9 Å². The maximum Gasteiger partial charge on any atom is 0.189 e. The highest BCUT2D eigenvalue weighted by molar-refractivity contribution is 7.98. The molecule has 0 fully saturated rings. The van der Waals surface area contributed by atoms with E-state index in [9.17, 15) is 0 Å². The second-order valence-corrected chi connectivity index (χ2v) is 6.79. The van der Waals surface area contributed by atoms with Crippen molar-refractivity contribution in [2.24, 2.45) is 0 Å². The first-order chi connectivity index (χ1) is 11.2. The molecule has 0 saturated heterocycles. The van der Waals surface area contributed by atoms with Crippen molar-refractivity contribution in [3.63, 3.8) is 0 Å². The van der Waals surface area contributed by atoms with E-state index in [1.807, 2.05) is 35.9 Å². The Kier molecular flexibility index (Phi) is 5.03. The molecule has 0 bridgehead atoms. The Morgan fingerprint density at radius 3 is 2.96 bits per heavy atom. The van der Waals surface area contributed by atoms with Gasteiger partial charge in [0.2, 0.25) is 0 Å². The third-order valence-electron chi connectivity index (χ3n) is 3.50. The first kappa shape index (κ1) is 16.1. The molecule has 0 atom stereocenters. The molecule has 2 aromatic heterocycles. The average Bonchev–Trinajstić information content (AvgIpc) is 2.96. The number of unbranched alkanes of at least 4 members (excludes halogenated alkanes) is 1. The van der Waals surface area contributed by atoms with Crippen molar-refractivity contribution in [1.29, 1.82) is 0 Å². The monoisotopic (exact) mass is 345 g/mol. The summed E-state index contributed by atoms with van der Waals surface area (Å²) in [5, 5.41) is 3.61. The van der Waals surface area contributed by atoms with Crippen molar-refractivity contribution in [3.8, 4) is 17.0 Å². The van der Waals surface area contributed by atoms with Crippen LogP contribution in [-0.4, -0.2) is 22.8 Å². The van der Waals surface area contributed by atoms with Gasteiger partial charge in [-0.05, 0) is 24.8 Å². The number of benzene rings is 1. The van der Waals surface area contributed by atoms with Gasteiger partial charge >= 0.3 is 0 Å². The fourth-order valence-corrected chi connectivity index (χ4v) is 3.56. The highest BCUT2D eigenvalue weighted by atomic mass is 32.2. The van der Waals surface area contributed by atoms with E-state index in [2.05, 4.69) is 16.9 Å². The minimum Gasteiger partial charge on any atom is -0.494 e. The Hall–Kier alpha value is -1.79.